The number of hydrogen-bond donors (Lipinski definition) is 1. The summed E-state index contributed by atoms with van der Waals surface area (Å²) in [6, 6.07) is 2.10. The van der Waals surface area contributed by atoms with Crippen molar-refractivity contribution >= 4 is 5.82 Å². The molecule has 2 fully saturated rings. The van der Waals surface area contributed by atoms with Crippen molar-refractivity contribution in [1.29, 1.82) is 0 Å². The van der Waals surface area contributed by atoms with Crippen LogP contribution in [0.25, 0.3) is 0 Å². The molecule has 2 atom stereocenters. The van der Waals surface area contributed by atoms with Gasteiger partial charge in [0, 0.05) is 36.7 Å². The van der Waals surface area contributed by atoms with E-state index < -0.39 is 0 Å². The molecule has 2 aliphatic rings. The fraction of sp³-hybridized carbons (Fsp3) is 0.765. The lowest BCUT2D eigenvalue weighted by molar-refractivity contribution is 0.0407. The summed E-state index contributed by atoms with van der Waals surface area (Å²) in [7, 11) is 0. The summed E-state index contributed by atoms with van der Waals surface area (Å²) >= 11 is 0. The standard InChI is InChI=1S/C17H27N3O/c1-3-6-15-18-13(2)11-16(19-15)20-10-5-9-17(12-20)8-4-7-14(17)21/h11,14,21H,3-10,12H2,1-2H3/t14-,17-/m1/s1. The zero-order chi connectivity index (χ0) is 14.9. The van der Waals surface area contributed by atoms with Gasteiger partial charge < -0.3 is 10.0 Å². The quantitative estimate of drug-likeness (QED) is 0.929. The highest BCUT2D eigenvalue weighted by Gasteiger charge is 2.44. The van der Waals surface area contributed by atoms with Crippen molar-refractivity contribution in [2.75, 3.05) is 18.0 Å². The lowest BCUT2D eigenvalue weighted by atomic mass is 9.76. The molecule has 0 radical (unpaired) electrons. The minimum Gasteiger partial charge on any atom is -0.392 e. The highest BCUT2D eigenvalue weighted by Crippen LogP contribution is 2.45. The number of aliphatic hydroxyl groups is 1. The second-order valence-corrected chi connectivity index (χ2v) is 6.83. The normalized spacial score (nSPS) is 29.3. The molecule has 116 valence electrons. The van der Waals surface area contributed by atoms with Gasteiger partial charge in [-0.2, -0.15) is 0 Å². The highest BCUT2D eigenvalue weighted by atomic mass is 16.3. The van der Waals surface area contributed by atoms with Crippen molar-refractivity contribution in [2.45, 2.75) is 64.9 Å². The Morgan fingerprint density at radius 3 is 2.86 bits per heavy atom. The first kappa shape index (κ1) is 14.8. The van der Waals surface area contributed by atoms with Crippen LogP contribution in [0.2, 0.25) is 0 Å². The monoisotopic (exact) mass is 289 g/mol. The second-order valence-electron chi connectivity index (χ2n) is 6.83. The Morgan fingerprint density at radius 2 is 2.14 bits per heavy atom. The molecular formula is C17H27N3O. The van der Waals surface area contributed by atoms with E-state index in [2.05, 4.69) is 29.8 Å². The lowest BCUT2D eigenvalue weighted by Gasteiger charge is -2.43. The van der Waals surface area contributed by atoms with Gasteiger partial charge in [-0.3, -0.25) is 0 Å². The van der Waals surface area contributed by atoms with Crippen molar-refractivity contribution in [1.82, 2.24) is 9.97 Å². The van der Waals surface area contributed by atoms with Gasteiger partial charge in [-0.05, 0) is 39.0 Å². The number of hydrogen-bond acceptors (Lipinski definition) is 4. The fourth-order valence-electron chi connectivity index (χ4n) is 4.06. The Balaban J connectivity index is 1.83. The smallest absolute Gasteiger partial charge is 0.132 e. The molecule has 3 rings (SSSR count). The van der Waals surface area contributed by atoms with Gasteiger partial charge in [-0.15, -0.1) is 0 Å². The Labute approximate surface area is 127 Å². The van der Waals surface area contributed by atoms with Crippen LogP contribution in [0, 0.1) is 12.3 Å². The zero-order valence-corrected chi connectivity index (χ0v) is 13.3. The molecule has 21 heavy (non-hydrogen) atoms. The minimum atomic E-state index is -0.127. The Morgan fingerprint density at radius 1 is 1.33 bits per heavy atom. The predicted octanol–water partition coefficient (Wildman–Crippen LogP) is 2.87. The summed E-state index contributed by atoms with van der Waals surface area (Å²) in [5.74, 6) is 2.02. The first-order valence-corrected chi connectivity index (χ1v) is 8.40. The molecule has 1 spiro atoms. The van der Waals surface area contributed by atoms with E-state index in [1.54, 1.807) is 0 Å². The largest absolute Gasteiger partial charge is 0.392 e. The van der Waals surface area contributed by atoms with E-state index in [4.69, 9.17) is 4.98 Å². The van der Waals surface area contributed by atoms with Gasteiger partial charge >= 0.3 is 0 Å². The molecule has 4 heteroatoms. The first-order chi connectivity index (χ1) is 10.1. The number of piperidine rings is 1. The van der Waals surface area contributed by atoms with Crippen LogP contribution in [0.1, 0.15) is 57.0 Å². The van der Waals surface area contributed by atoms with E-state index in [0.29, 0.717) is 0 Å². The average molecular weight is 289 g/mol. The van der Waals surface area contributed by atoms with Gasteiger partial charge in [0.15, 0.2) is 0 Å². The maximum Gasteiger partial charge on any atom is 0.132 e. The van der Waals surface area contributed by atoms with Crippen molar-refractivity contribution in [2.24, 2.45) is 5.41 Å². The molecule has 0 aromatic carbocycles. The molecular weight excluding hydrogens is 262 g/mol. The summed E-state index contributed by atoms with van der Waals surface area (Å²) in [5.41, 5.74) is 1.16. The number of aliphatic hydroxyl groups excluding tert-OH is 1. The molecule has 0 amide bonds. The summed E-state index contributed by atoms with van der Waals surface area (Å²) < 4.78 is 0. The van der Waals surface area contributed by atoms with Crippen LogP contribution in [0.5, 0.6) is 0 Å². The molecule has 1 saturated heterocycles. The third kappa shape index (κ3) is 2.91. The molecule has 4 nitrogen and oxygen atoms in total. The minimum absolute atomic E-state index is 0.113. The molecule has 1 aliphatic carbocycles. The molecule has 1 aromatic rings. The van der Waals surface area contributed by atoms with Crippen LogP contribution in [-0.4, -0.2) is 34.3 Å². The number of aryl methyl sites for hydroxylation is 2. The van der Waals surface area contributed by atoms with Crippen LogP contribution < -0.4 is 4.90 Å². The van der Waals surface area contributed by atoms with E-state index >= 15 is 0 Å². The first-order valence-electron chi connectivity index (χ1n) is 8.40. The molecule has 0 bridgehead atoms. The molecule has 2 heterocycles. The van der Waals surface area contributed by atoms with Gasteiger partial charge in [0.2, 0.25) is 0 Å². The highest BCUT2D eigenvalue weighted by molar-refractivity contribution is 5.41. The average Bonchev–Trinajstić information content (AvgIpc) is 2.79. The topological polar surface area (TPSA) is 49.2 Å². The molecule has 1 N–H and O–H groups in total. The van der Waals surface area contributed by atoms with Crippen LogP contribution in [0.15, 0.2) is 6.07 Å². The number of aromatic nitrogens is 2. The fourth-order valence-corrected chi connectivity index (χ4v) is 4.06. The van der Waals surface area contributed by atoms with Gasteiger partial charge in [0.05, 0.1) is 6.10 Å². The van der Waals surface area contributed by atoms with Crippen molar-refractivity contribution in [3.63, 3.8) is 0 Å². The summed E-state index contributed by atoms with van der Waals surface area (Å²) in [6.45, 7) is 6.22. The van der Waals surface area contributed by atoms with Gasteiger partial charge in [0.25, 0.3) is 0 Å². The van der Waals surface area contributed by atoms with E-state index in [1.165, 1.54) is 6.42 Å². The van der Waals surface area contributed by atoms with Crippen molar-refractivity contribution < 1.29 is 5.11 Å². The van der Waals surface area contributed by atoms with Crippen molar-refractivity contribution in [3.05, 3.63) is 17.6 Å². The predicted molar refractivity (Wildman–Crippen MR) is 84.5 cm³/mol. The van der Waals surface area contributed by atoms with E-state index in [1.807, 2.05) is 0 Å². The van der Waals surface area contributed by atoms with E-state index in [-0.39, 0.29) is 11.5 Å². The SMILES string of the molecule is CCCc1nc(C)cc(N2CCC[C@]3(CCC[C@H]3O)C2)n1. The number of rotatable bonds is 3. The molecule has 1 aromatic heterocycles. The zero-order valence-electron chi connectivity index (χ0n) is 13.3. The van der Waals surface area contributed by atoms with Crippen molar-refractivity contribution in [3.8, 4) is 0 Å². The summed E-state index contributed by atoms with van der Waals surface area (Å²) in [6.07, 6.45) is 7.51. The van der Waals surface area contributed by atoms with Gasteiger partial charge in [-0.1, -0.05) is 13.3 Å². The van der Waals surface area contributed by atoms with Crippen LogP contribution >= 0.6 is 0 Å². The number of anilines is 1. The van der Waals surface area contributed by atoms with E-state index in [0.717, 1.165) is 69.0 Å². The van der Waals surface area contributed by atoms with Crippen LogP contribution in [-0.2, 0) is 6.42 Å². The summed E-state index contributed by atoms with van der Waals surface area (Å²) in [4.78, 5) is 11.7. The maximum atomic E-state index is 10.4. The van der Waals surface area contributed by atoms with Crippen LogP contribution in [0.3, 0.4) is 0 Å². The Bertz CT molecular complexity index is 505. The summed E-state index contributed by atoms with van der Waals surface area (Å²) in [5, 5.41) is 10.4. The Hall–Kier alpha value is -1.16. The van der Waals surface area contributed by atoms with Gasteiger partial charge in [0.1, 0.15) is 11.6 Å². The van der Waals surface area contributed by atoms with Gasteiger partial charge in [-0.25, -0.2) is 9.97 Å². The van der Waals surface area contributed by atoms with E-state index in [9.17, 15) is 5.11 Å². The molecule has 1 saturated carbocycles. The number of nitrogens with zero attached hydrogens (tertiary/aromatic N) is 3. The molecule has 0 unspecified atom stereocenters. The third-order valence-electron chi connectivity index (χ3n) is 5.15. The third-order valence-corrected chi connectivity index (χ3v) is 5.15. The maximum absolute atomic E-state index is 10.4. The van der Waals surface area contributed by atoms with Crippen LogP contribution in [0.4, 0.5) is 5.82 Å². The lowest BCUT2D eigenvalue weighted by Crippen LogP contribution is -2.47. The second kappa shape index (κ2) is 5.91. The molecule has 1 aliphatic heterocycles. The Kier molecular flexibility index (Phi) is 4.16.